The third-order valence-electron chi connectivity index (χ3n) is 3.81. The van der Waals surface area contributed by atoms with Crippen molar-refractivity contribution in [3.05, 3.63) is 41.3 Å². The maximum Gasteiger partial charge on any atom is 0.228 e. The highest BCUT2D eigenvalue weighted by atomic mass is 32.2. The van der Waals surface area contributed by atoms with Crippen LogP contribution >= 0.6 is 11.8 Å². The fourth-order valence-corrected chi connectivity index (χ4v) is 3.51. The third kappa shape index (κ3) is 2.33. The number of amides is 1. The van der Waals surface area contributed by atoms with Crippen molar-refractivity contribution in [2.75, 3.05) is 5.32 Å². The molecule has 108 valence electrons. The number of halogens is 1. The highest BCUT2D eigenvalue weighted by molar-refractivity contribution is 7.98. The van der Waals surface area contributed by atoms with Gasteiger partial charge in [-0.2, -0.15) is 16.9 Å². The average molecular weight is 303 g/mol. The van der Waals surface area contributed by atoms with Crippen molar-refractivity contribution in [3.8, 4) is 5.69 Å². The number of nitrogens with zero attached hydrogens (tertiary/aromatic N) is 2. The first-order valence-electron chi connectivity index (χ1n) is 6.97. The van der Waals surface area contributed by atoms with E-state index in [0.29, 0.717) is 0 Å². The molecule has 6 heteroatoms. The van der Waals surface area contributed by atoms with E-state index in [9.17, 15) is 9.18 Å². The Hall–Kier alpha value is -1.82. The Kier molecular flexibility index (Phi) is 2.99. The van der Waals surface area contributed by atoms with Gasteiger partial charge in [0.2, 0.25) is 5.91 Å². The van der Waals surface area contributed by atoms with Gasteiger partial charge < -0.3 is 5.32 Å². The van der Waals surface area contributed by atoms with Crippen molar-refractivity contribution < 1.29 is 9.18 Å². The largest absolute Gasteiger partial charge is 0.310 e. The summed E-state index contributed by atoms with van der Waals surface area (Å²) in [5.74, 6) is 2.40. The Morgan fingerprint density at radius 2 is 2.05 bits per heavy atom. The Labute approximate surface area is 125 Å². The quantitative estimate of drug-likeness (QED) is 0.947. The van der Waals surface area contributed by atoms with E-state index in [1.807, 2.05) is 0 Å². The van der Waals surface area contributed by atoms with Gasteiger partial charge in [0.25, 0.3) is 0 Å². The Morgan fingerprint density at radius 1 is 1.29 bits per heavy atom. The van der Waals surface area contributed by atoms with Crippen LogP contribution < -0.4 is 5.32 Å². The van der Waals surface area contributed by atoms with Gasteiger partial charge in [0.1, 0.15) is 11.6 Å². The summed E-state index contributed by atoms with van der Waals surface area (Å²) in [6.45, 7) is 0. The normalized spacial score (nSPS) is 16.8. The number of hydrogen-bond acceptors (Lipinski definition) is 3. The molecule has 4 nitrogen and oxygen atoms in total. The summed E-state index contributed by atoms with van der Waals surface area (Å²) in [7, 11) is 0. The molecular formula is C15H14FN3OS. The topological polar surface area (TPSA) is 46.9 Å². The Bertz CT molecular complexity index is 706. The molecule has 2 aliphatic rings. The smallest absolute Gasteiger partial charge is 0.228 e. The highest BCUT2D eigenvalue weighted by Crippen LogP contribution is 2.37. The molecule has 1 aromatic heterocycles. The molecule has 1 aliphatic heterocycles. The van der Waals surface area contributed by atoms with Crippen molar-refractivity contribution in [1.82, 2.24) is 9.78 Å². The number of benzene rings is 1. The van der Waals surface area contributed by atoms with E-state index in [1.54, 1.807) is 28.6 Å². The Morgan fingerprint density at radius 3 is 2.76 bits per heavy atom. The molecular weight excluding hydrogens is 289 g/mol. The molecule has 1 fully saturated rings. The monoisotopic (exact) mass is 303 g/mol. The van der Waals surface area contributed by atoms with E-state index < -0.39 is 0 Å². The zero-order valence-corrected chi connectivity index (χ0v) is 12.1. The lowest BCUT2D eigenvalue weighted by molar-refractivity contribution is -0.117. The van der Waals surface area contributed by atoms with Gasteiger partial charge in [-0.3, -0.25) is 4.79 Å². The summed E-state index contributed by atoms with van der Waals surface area (Å²) in [5.41, 5.74) is 2.87. The van der Waals surface area contributed by atoms with Crippen LogP contribution in [0, 0.1) is 11.7 Å². The second-order valence-electron chi connectivity index (χ2n) is 5.42. The lowest BCUT2D eigenvalue weighted by Crippen LogP contribution is -2.17. The molecule has 0 saturated heterocycles. The number of aromatic nitrogens is 2. The van der Waals surface area contributed by atoms with Crippen molar-refractivity contribution in [3.63, 3.8) is 0 Å². The van der Waals surface area contributed by atoms with Gasteiger partial charge in [-0.05, 0) is 37.1 Å². The Balaban J connectivity index is 1.75. The number of nitrogens with one attached hydrogen (secondary N) is 1. The first kappa shape index (κ1) is 12.9. The molecule has 4 rings (SSSR count). The second-order valence-corrected chi connectivity index (χ2v) is 6.40. The lowest BCUT2D eigenvalue weighted by Gasteiger charge is -2.10. The average Bonchev–Trinajstić information content (AvgIpc) is 3.14. The molecule has 2 heterocycles. The molecule has 0 atom stereocenters. The van der Waals surface area contributed by atoms with E-state index in [4.69, 9.17) is 0 Å². The van der Waals surface area contributed by atoms with E-state index in [0.717, 1.165) is 47.1 Å². The lowest BCUT2D eigenvalue weighted by atomic mass is 10.2. The first-order chi connectivity index (χ1) is 10.2. The van der Waals surface area contributed by atoms with Gasteiger partial charge in [0, 0.05) is 23.0 Å². The van der Waals surface area contributed by atoms with Crippen LogP contribution in [0.5, 0.6) is 0 Å². The molecule has 0 radical (unpaired) electrons. The fourth-order valence-electron chi connectivity index (χ4n) is 2.47. The van der Waals surface area contributed by atoms with Crippen molar-refractivity contribution in [2.45, 2.75) is 24.3 Å². The summed E-state index contributed by atoms with van der Waals surface area (Å²) in [4.78, 5) is 12.1. The number of carbonyl (C=O) groups excluding carboxylic acids is 1. The molecule has 1 aliphatic carbocycles. The van der Waals surface area contributed by atoms with Crippen molar-refractivity contribution >= 4 is 23.5 Å². The maximum atomic E-state index is 13.1. The van der Waals surface area contributed by atoms with E-state index >= 15 is 0 Å². The van der Waals surface area contributed by atoms with Crippen LogP contribution in [-0.4, -0.2) is 15.7 Å². The summed E-state index contributed by atoms with van der Waals surface area (Å²) in [5, 5.41) is 7.60. The van der Waals surface area contributed by atoms with Gasteiger partial charge in [-0.1, -0.05) is 0 Å². The molecule has 0 bridgehead atoms. The molecule has 1 N–H and O–H groups in total. The molecule has 0 spiro atoms. The predicted octanol–water partition coefficient (Wildman–Crippen LogP) is 3.11. The predicted molar refractivity (Wildman–Crippen MR) is 79.9 cm³/mol. The van der Waals surface area contributed by atoms with Crippen LogP contribution in [0.1, 0.15) is 24.1 Å². The zero-order chi connectivity index (χ0) is 14.4. The zero-order valence-electron chi connectivity index (χ0n) is 11.3. The molecule has 1 saturated carbocycles. The van der Waals surface area contributed by atoms with Gasteiger partial charge in [-0.15, -0.1) is 0 Å². The van der Waals surface area contributed by atoms with Crippen molar-refractivity contribution in [1.29, 1.82) is 0 Å². The summed E-state index contributed by atoms with van der Waals surface area (Å²) in [6, 6.07) is 6.17. The fraction of sp³-hybridized carbons (Fsp3) is 0.333. The number of carbonyl (C=O) groups is 1. The van der Waals surface area contributed by atoms with E-state index in [-0.39, 0.29) is 17.6 Å². The van der Waals surface area contributed by atoms with Crippen LogP contribution in [0.3, 0.4) is 0 Å². The third-order valence-corrected chi connectivity index (χ3v) is 4.78. The number of thioether (sulfide) groups is 1. The first-order valence-corrected chi connectivity index (χ1v) is 8.13. The molecule has 2 aromatic rings. The minimum absolute atomic E-state index is 0.0676. The second kappa shape index (κ2) is 4.87. The molecule has 1 aromatic carbocycles. The molecule has 1 amide bonds. The van der Waals surface area contributed by atoms with Crippen LogP contribution in [-0.2, 0) is 16.3 Å². The SMILES string of the molecule is O=C(Nc1c2c(nn1-c1ccc(F)cc1)CSC2)C1CC1. The van der Waals surface area contributed by atoms with Crippen LogP contribution in [0.15, 0.2) is 24.3 Å². The summed E-state index contributed by atoms with van der Waals surface area (Å²) < 4.78 is 14.8. The van der Waals surface area contributed by atoms with E-state index in [1.165, 1.54) is 12.1 Å². The summed E-state index contributed by atoms with van der Waals surface area (Å²) >= 11 is 1.79. The van der Waals surface area contributed by atoms with Crippen LogP contribution in [0.4, 0.5) is 10.2 Å². The van der Waals surface area contributed by atoms with Gasteiger partial charge in [0.05, 0.1) is 11.4 Å². The van der Waals surface area contributed by atoms with Crippen molar-refractivity contribution in [2.24, 2.45) is 5.92 Å². The molecule has 21 heavy (non-hydrogen) atoms. The van der Waals surface area contributed by atoms with E-state index in [2.05, 4.69) is 10.4 Å². The highest BCUT2D eigenvalue weighted by Gasteiger charge is 2.32. The number of anilines is 1. The number of rotatable bonds is 3. The summed E-state index contributed by atoms with van der Waals surface area (Å²) in [6.07, 6.45) is 1.93. The van der Waals surface area contributed by atoms with Gasteiger partial charge in [-0.25, -0.2) is 9.07 Å². The van der Waals surface area contributed by atoms with Gasteiger partial charge in [0.15, 0.2) is 0 Å². The minimum Gasteiger partial charge on any atom is -0.310 e. The molecule has 0 unspecified atom stereocenters. The standard InChI is InChI=1S/C15H14FN3OS/c16-10-3-5-11(6-4-10)19-14(17-15(20)9-1-2-9)12-7-21-8-13(12)18-19/h3-6,9H,1-2,7-8H2,(H,17,20). The number of hydrogen-bond donors (Lipinski definition) is 1. The van der Waals surface area contributed by atoms with Crippen LogP contribution in [0.2, 0.25) is 0 Å². The van der Waals surface area contributed by atoms with Gasteiger partial charge >= 0.3 is 0 Å². The maximum absolute atomic E-state index is 13.1. The van der Waals surface area contributed by atoms with Crippen LogP contribution in [0.25, 0.3) is 5.69 Å². The number of fused-ring (bicyclic) bond motifs is 1. The minimum atomic E-state index is -0.280.